The van der Waals surface area contributed by atoms with Gasteiger partial charge < -0.3 is 5.73 Å². The summed E-state index contributed by atoms with van der Waals surface area (Å²) in [6.45, 7) is 6.87. The minimum Gasteiger partial charge on any atom is -0.330 e. The van der Waals surface area contributed by atoms with Gasteiger partial charge in [0.25, 0.3) is 0 Å². The van der Waals surface area contributed by atoms with Crippen molar-refractivity contribution in [2.24, 2.45) is 11.7 Å². The second-order valence-corrected chi connectivity index (χ2v) is 2.86. The van der Waals surface area contributed by atoms with Crippen molar-refractivity contribution in [3.63, 3.8) is 0 Å². The van der Waals surface area contributed by atoms with Gasteiger partial charge in [-0.1, -0.05) is 39.5 Å². The molecule has 0 aliphatic rings. The van der Waals surface area contributed by atoms with Gasteiger partial charge in [0, 0.05) is 0 Å². The molecular weight excluding hydrogens is 122 g/mol. The summed E-state index contributed by atoms with van der Waals surface area (Å²) in [5, 5.41) is 0. The first-order valence-corrected chi connectivity index (χ1v) is 4.34. The van der Waals surface area contributed by atoms with Crippen LogP contribution in [-0.2, 0) is 0 Å². The van der Waals surface area contributed by atoms with Crippen molar-refractivity contribution in [3.8, 4) is 0 Å². The highest BCUT2D eigenvalue weighted by atomic mass is 14.5. The van der Waals surface area contributed by atoms with Crippen LogP contribution in [0.15, 0.2) is 0 Å². The van der Waals surface area contributed by atoms with E-state index >= 15 is 0 Å². The van der Waals surface area contributed by atoms with Crippen LogP contribution in [0, 0.1) is 12.8 Å². The number of rotatable bonds is 6. The third-order valence-corrected chi connectivity index (χ3v) is 2.02. The Kier molecular flexibility index (Phi) is 7.04. The van der Waals surface area contributed by atoms with Crippen LogP contribution >= 0.6 is 0 Å². The Labute approximate surface area is 65.0 Å². The van der Waals surface area contributed by atoms with E-state index in [4.69, 9.17) is 5.73 Å². The molecule has 0 heterocycles. The van der Waals surface area contributed by atoms with Crippen LogP contribution in [-0.4, -0.2) is 6.54 Å². The third kappa shape index (κ3) is 4.80. The molecule has 0 aromatic carbocycles. The number of nitrogens with two attached hydrogens (primary N) is 1. The van der Waals surface area contributed by atoms with Crippen LogP contribution in [0.5, 0.6) is 0 Å². The summed E-state index contributed by atoms with van der Waals surface area (Å²) < 4.78 is 0. The van der Waals surface area contributed by atoms with Crippen LogP contribution in [0.25, 0.3) is 0 Å². The monoisotopic (exact) mass is 142 g/mol. The maximum absolute atomic E-state index is 5.55. The molecule has 1 nitrogen and oxygen atoms in total. The smallest absolute Gasteiger partial charge is 0.00490 e. The van der Waals surface area contributed by atoms with Crippen LogP contribution in [0.2, 0.25) is 0 Å². The molecule has 0 saturated heterocycles. The van der Waals surface area contributed by atoms with Gasteiger partial charge in [-0.15, -0.1) is 0 Å². The first-order valence-electron chi connectivity index (χ1n) is 4.34. The van der Waals surface area contributed by atoms with E-state index in [9.17, 15) is 0 Å². The predicted molar refractivity (Wildman–Crippen MR) is 46.7 cm³/mol. The average Bonchev–Trinajstić information content (AvgIpc) is 1.99. The van der Waals surface area contributed by atoms with Gasteiger partial charge in [-0.25, -0.2) is 0 Å². The molecule has 0 fully saturated rings. The Morgan fingerprint density at radius 1 is 1.40 bits per heavy atom. The molecule has 1 atom stereocenters. The topological polar surface area (TPSA) is 26.0 Å². The standard InChI is InChI=1S/C9H20N/c1-3-5-6-7-9(4-2)8-10/h9H,1,3-8,10H2,2H3. The number of hydrogen-bond acceptors (Lipinski definition) is 1. The van der Waals surface area contributed by atoms with Crippen molar-refractivity contribution in [3.05, 3.63) is 6.92 Å². The molecule has 0 aromatic heterocycles. The van der Waals surface area contributed by atoms with Crippen LogP contribution in [0.1, 0.15) is 39.0 Å². The van der Waals surface area contributed by atoms with Gasteiger partial charge in [0.2, 0.25) is 0 Å². The fourth-order valence-electron chi connectivity index (χ4n) is 1.10. The largest absolute Gasteiger partial charge is 0.330 e. The van der Waals surface area contributed by atoms with E-state index in [1.165, 1.54) is 25.7 Å². The molecule has 1 heteroatoms. The highest BCUT2D eigenvalue weighted by Gasteiger charge is 2.01. The minimum absolute atomic E-state index is 0.756. The normalized spacial score (nSPS) is 13.5. The highest BCUT2D eigenvalue weighted by molar-refractivity contribution is 4.57. The van der Waals surface area contributed by atoms with Gasteiger partial charge >= 0.3 is 0 Å². The number of unbranched alkanes of at least 4 members (excludes halogenated alkanes) is 2. The molecule has 0 spiro atoms. The molecule has 61 valence electrons. The summed E-state index contributed by atoms with van der Waals surface area (Å²) in [7, 11) is 0. The molecule has 2 N–H and O–H groups in total. The molecule has 10 heavy (non-hydrogen) atoms. The quantitative estimate of drug-likeness (QED) is 0.566. The molecule has 0 rings (SSSR count). The maximum Gasteiger partial charge on any atom is -0.00490 e. The van der Waals surface area contributed by atoms with E-state index < -0.39 is 0 Å². The first-order chi connectivity index (χ1) is 4.85. The molecule has 0 saturated carbocycles. The molecule has 0 bridgehead atoms. The molecule has 1 unspecified atom stereocenters. The van der Waals surface area contributed by atoms with E-state index in [0.29, 0.717) is 0 Å². The van der Waals surface area contributed by atoms with Gasteiger partial charge in [-0.3, -0.25) is 0 Å². The van der Waals surface area contributed by atoms with Gasteiger partial charge in [0.1, 0.15) is 0 Å². The van der Waals surface area contributed by atoms with Crippen LogP contribution in [0.4, 0.5) is 0 Å². The predicted octanol–water partition coefficient (Wildman–Crippen LogP) is 2.37. The van der Waals surface area contributed by atoms with E-state index in [1.807, 2.05) is 0 Å². The SMILES string of the molecule is [CH2]CCCCC(CC)CN. The van der Waals surface area contributed by atoms with Crippen LogP contribution < -0.4 is 5.73 Å². The Bertz CT molecular complexity index is 57.7. The van der Waals surface area contributed by atoms with E-state index in [1.54, 1.807) is 0 Å². The zero-order chi connectivity index (χ0) is 7.82. The Hall–Kier alpha value is -0.0400. The van der Waals surface area contributed by atoms with Crippen molar-refractivity contribution in [2.45, 2.75) is 39.0 Å². The lowest BCUT2D eigenvalue weighted by Crippen LogP contribution is -2.12. The lowest BCUT2D eigenvalue weighted by atomic mass is 9.99. The van der Waals surface area contributed by atoms with Crippen molar-refractivity contribution in [1.29, 1.82) is 0 Å². The van der Waals surface area contributed by atoms with Crippen molar-refractivity contribution in [2.75, 3.05) is 6.54 Å². The van der Waals surface area contributed by atoms with Crippen molar-refractivity contribution in [1.82, 2.24) is 0 Å². The Balaban J connectivity index is 3.09. The van der Waals surface area contributed by atoms with E-state index in [0.717, 1.165) is 18.9 Å². The second-order valence-electron chi connectivity index (χ2n) is 2.86. The van der Waals surface area contributed by atoms with E-state index in [-0.39, 0.29) is 0 Å². The third-order valence-electron chi connectivity index (χ3n) is 2.02. The van der Waals surface area contributed by atoms with Gasteiger partial charge in [0.05, 0.1) is 0 Å². The second kappa shape index (κ2) is 7.07. The minimum atomic E-state index is 0.756. The summed E-state index contributed by atoms with van der Waals surface area (Å²) in [5.41, 5.74) is 5.55. The van der Waals surface area contributed by atoms with Crippen LogP contribution in [0.3, 0.4) is 0 Å². The summed E-state index contributed by atoms with van der Waals surface area (Å²) >= 11 is 0. The molecule has 0 amide bonds. The molecule has 0 aliphatic carbocycles. The molecule has 0 aromatic rings. The lowest BCUT2D eigenvalue weighted by Gasteiger charge is -2.10. The van der Waals surface area contributed by atoms with Crippen molar-refractivity contribution >= 4 is 0 Å². The first kappa shape index (κ1) is 9.96. The molecular formula is C9H20N. The van der Waals surface area contributed by atoms with Crippen molar-refractivity contribution < 1.29 is 0 Å². The Morgan fingerprint density at radius 3 is 2.50 bits per heavy atom. The summed E-state index contributed by atoms with van der Waals surface area (Å²) in [6.07, 6.45) is 6.16. The number of hydrogen-bond donors (Lipinski definition) is 1. The summed E-state index contributed by atoms with van der Waals surface area (Å²) in [4.78, 5) is 0. The summed E-state index contributed by atoms with van der Waals surface area (Å²) in [6, 6.07) is 0. The fraction of sp³-hybridized carbons (Fsp3) is 0.889. The lowest BCUT2D eigenvalue weighted by molar-refractivity contribution is 0.457. The van der Waals surface area contributed by atoms with E-state index in [2.05, 4.69) is 13.8 Å². The van der Waals surface area contributed by atoms with Gasteiger partial charge in [-0.2, -0.15) is 0 Å². The Morgan fingerprint density at radius 2 is 2.10 bits per heavy atom. The van der Waals surface area contributed by atoms with Gasteiger partial charge in [0.15, 0.2) is 0 Å². The maximum atomic E-state index is 5.55. The molecule has 1 radical (unpaired) electrons. The molecule has 0 aliphatic heterocycles. The zero-order valence-electron chi connectivity index (χ0n) is 7.10. The van der Waals surface area contributed by atoms with Gasteiger partial charge in [-0.05, 0) is 18.9 Å². The highest BCUT2D eigenvalue weighted by Crippen LogP contribution is 2.11. The fourth-order valence-corrected chi connectivity index (χ4v) is 1.10. The zero-order valence-corrected chi connectivity index (χ0v) is 7.10. The summed E-state index contributed by atoms with van der Waals surface area (Å²) in [5.74, 6) is 0.756. The average molecular weight is 142 g/mol.